The quantitative estimate of drug-likeness (QED) is 0.528. The first-order valence-electron chi connectivity index (χ1n) is 4.68. The maximum atomic E-state index is 13.5. The summed E-state index contributed by atoms with van der Waals surface area (Å²) in [5.74, 6) is 0.215. The number of allylic oxidation sites excluding steroid dienone is 6. The smallest absolute Gasteiger partial charge is 0.126 e. The van der Waals surface area contributed by atoms with Gasteiger partial charge in [0.05, 0.1) is 0 Å². The van der Waals surface area contributed by atoms with E-state index in [1.807, 2.05) is 32.9 Å². The summed E-state index contributed by atoms with van der Waals surface area (Å²) in [5.41, 5.74) is 0.700. The third-order valence-electron chi connectivity index (χ3n) is 2.15. The number of hydrogen-bond acceptors (Lipinski definition) is 0. The fourth-order valence-electron chi connectivity index (χ4n) is 1.41. The number of hydrogen-bond donors (Lipinski definition) is 0. The fraction of sp³-hybridized carbons (Fsp3) is 0.500. The molecule has 0 amide bonds. The van der Waals surface area contributed by atoms with Crippen molar-refractivity contribution in [2.75, 3.05) is 0 Å². The van der Waals surface area contributed by atoms with Crippen molar-refractivity contribution in [1.29, 1.82) is 0 Å². The molecule has 0 aromatic carbocycles. The Morgan fingerprint density at radius 3 is 2.46 bits per heavy atom. The Hall–Kier alpha value is -0.850. The molecule has 0 bridgehead atoms. The van der Waals surface area contributed by atoms with Crippen LogP contribution in [-0.4, -0.2) is 0 Å². The molecule has 0 nitrogen and oxygen atoms in total. The Morgan fingerprint density at radius 2 is 1.92 bits per heavy atom. The zero-order valence-electron chi connectivity index (χ0n) is 8.76. The van der Waals surface area contributed by atoms with Gasteiger partial charge in [-0.15, -0.1) is 0 Å². The molecule has 1 aliphatic rings. The first kappa shape index (κ1) is 10.2. The molecule has 1 rings (SSSR count). The zero-order chi connectivity index (χ0) is 10.1. The van der Waals surface area contributed by atoms with Gasteiger partial charge in [-0.2, -0.15) is 0 Å². The van der Waals surface area contributed by atoms with E-state index in [1.165, 1.54) is 0 Å². The Balaban J connectivity index is 3.07. The van der Waals surface area contributed by atoms with Crippen LogP contribution in [0.5, 0.6) is 0 Å². The maximum absolute atomic E-state index is 13.5. The molecule has 1 atom stereocenters. The molecule has 72 valence electrons. The topological polar surface area (TPSA) is 0 Å². The predicted octanol–water partition coefficient (Wildman–Crippen LogP) is 4.02. The Morgan fingerprint density at radius 1 is 1.31 bits per heavy atom. The highest BCUT2D eigenvalue weighted by atomic mass is 19.1. The van der Waals surface area contributed by atoms with Crippen molar-refractivity contribution >= 4 is 0 Å². The molecule has 0 aliphatic heterocycles. The lowest BCUT2D eigenvalue weighted by Gasteiger charge is -2.22. The van der Waals surface area contributed by atoms with E-state index >= 15 is 0 Å². The Bertz CT molecular complexity index is 274. The van der Waals surface area contributed by atoms with Crippen LogP contribution >= 0.6 is 0 Å². The van der Waals surface area contributed by atoms with E-state index < -0.39 is 0 Å². The summed E-state index contributed by atoms with van der Waals surface area (Å²) in [6, 6.07) is 0. The van der Waals surface area contributed by atoms with Gasteiger partial charge in [-0.1, -0.05) is 45.9 Å². The highest BCUT2D eigenvalue weighted by Crippen LogP contribution is 2.34. The summed E-state index contributed by atoms with van der Waals surface area (Å²) >= 11 is 0. The molecule has 0 saturated carbocycles. The second-order valence-electron chi connectivity index (χ2n) is 4.59. The van der Waals surface area contributed by atoms with E-state index in [1.54, 1.807) is 12.2 Å². The van der Waals surface area contributed by atoms with Crippen molar-refractivity contribution in [1.82, 2.24) is 0 Å². The molecule has 0 spiro atoms. The van der Waals surface area contributed by atoms with E-state index in [-0.39, 0.29) is 11.2 Å². The van der Waals surface area contributed by atoms with Gasteiger partial charge in [0.1, 0.15) is 5.83 Å². The van der Waals surface area contributed by atoms with Crippen molar-refractivity contribution in [3.05, 3.63) is 35.7 Å². The van der Waals surface area contributed by atoms with E-state index in [2.05, 4.69) is 6.92 Å². The van der Waals surface area contributed by atoms with Crippen molar-refractivity contribution in [2.45, 2.75) is 27.7 Å². The van der Waals surface area contributed by atoms with Gasteiger partial charge in [-0.3, -0.25) is 0 Å². The van der Waals surface area contributed by atoms with Gasteiger partial charge in [0.2, 0.25) is 0 Å². The first-order valence-corrected chi connectivity index (χ1v) is 4.68. The van der Waals surface area contributed by atoms with Gasteiger partial charge in [-0.25, -0.2) is 4.39 Å². The second-order valence-corrected chi connectivity index (χ2v) is 4.59. The summed E-state index contributed by atoms with van der Waals surface area (Å²) < 4.78 is 13.5. The standard InChI is InChI=1S/C12H17F/c1-9-6-5-7-11(13)10(8-9)12(2,3)4/h5-9H,1-4H3. The average molecular weight is 180 g/mol. The third kappa shape index (κ3) is 2.55. The molecular formula is C12H17F. The van der Waals surface area contributed by atoms with E-state index in [0.29, 0.717) is 5.92 Å². The summed E-state index contributed by atoms with van der Waals surface area (Å²) in [4.78, 5) is 0. The molecule has 0 aromatic heterocycles. The summed E-state index contributed by atoms with van der Waals surface area (Å²) in [7, 11) is 0. The lowest BCUT2D eigenvalue weighted by molar-refractivity contribution is 0.471. The first-order chi connectivity index (χ1) is 5.91. The van der Waals surface area contributed by atoms with Crippen LogP contribution in [0.15, 0.2) is 35.7 Å². The Labute approximate surface area is 79.8 Å². The van der Waals surface area contributed by atoms with Gasteiger partial charge in [0.15, 0.2) is 0 Å². The third-order valence-corrected chi connectivity index (χ3v) is 2.15. The van der Waals surface area contributed by atoms with Gasteiger partial charge in [0, 0.05) is 0 Å². The number of halogens is 1. The summed E-state index contributed by atoms with van der Waals surface area (Å²) in [6.45, 7) is 8.16. The summed E-state index contributed by atoms with van der Waals surface area (Å²) in [6.07, 6.45) is 7.32. The van der Waals surface area contributed by atoms with Crippen LogP contribution in [0.3, 0.4) is 0 Å². The minimum absolute atomic E-state index is 0.104. The molecule has 0 radical (unpaired) electrons. The van der Waals surface area contributed by atoms with Crippen molar-refractivity contribution in [3.8, 4) is 0 Å². The van der Waals surface area contributed by atoms with Crippen LogP contribution in [0.4, 0.5) is 4.39 Å². The molecule has 0 aromatic rings. The fourth-order valence-corrected chi connectivity index (χ4v) is 1.41. The van der Waals surface area contributed by atoms with Gasteiger partial charge in [-0.05, 0) is 23.0 Å². The van der Waals surface area contributed by atoms with E-state index in [0.717, 1.165) is 5.57 Å². The lowest BCUT2D eigenvalue weighted by Crippen LogP contribution is -2.10. The van der Waals surface area contributed by atoms with E-state index in [4.69, 9.17) is 0 Å². The summed E-state index contributed by atoms with van der Waals surface area (Å²) in [5, 5.41) is 0. The molecule has 0 saturated heterocycles. The van der Waals surface area contributed by atoms with Gasteiger partial charge in [0.25, 0.3) is 0 Å². The molecule has 0 N–H and O–H groups in total. The van der Waals surface area contributed by atoms with Crippen LogP contribution < -0.4 is 0 Å². The maximum Gasteiger partial charge on any atom is 0.126 e. The SMILES string of the molecule is CC1C=CC=C(F)C(C(C)(C)C)=C1. The highest BCUT2D eigenvalue weighted by Gasteiger charge is 2.21. The molecule has 0 fully saturated rings. The van der Waals surface area contributed by atoms with Crippen molar-refractivity contribution in [2.24, 2.45) is 11.3 Å². The largest absolute Gasteiger partial charge is 0.207 e. The highest BCUT2D eigenvalue weighted by molar-refractivity contribution is 5.36. The normalized spacial score (nSPS) is 23.6. The van der Waals surface area contributed by atoms with Gasteiger partial charge >= 0.3 is 0 Å². The molecule has 1 aliphatic carbocycles. The lowest BCUT2D eigenvalue weighted by atomic mass is 9.84. The van der Waals surface area contributed by atoms with Crippen LogP contribution in [0, 0.1) is 11.3 Å². The van der Waals surface area contributed by atoms with Crippen LogP contribution in [0.1, 0.15) is 27.7 Å². The van der Waals surface area contributed by atoms with Crippen LogP contribution in [0.2, 0.25) is 0 Å². The van der Waals surface area contributed by atoms with Crippen molar-refractivity contribution in [3.63, 3.8) is 0 Å². The zero-order valence-corrected chi connectivity index (χ0v) is 8.76. The number of rotatable bonds is 0. The minimum Gasteiger partial charge on any atom is -0.207 e. The molecular weight excluding hydrogens is 163 g/mol. The van der Waals surface area contributed by atoms with Crippen LogP contribution in [0.25, 0.3) is 0 Å². The molecule has 0 heterocycles. The Kier molecular flexibility index (Phi) is 2.74. The average Bonchev–Trinajstić information content (AvgIpc) is 2.11. The second kappa shape index (κ2) is 3.49. The molecule has 1 heteroatoms. The minimum atomic E-state index is -0.110. The van der Waals surface area contributed by atoms with Crippen molar-refractivity contribution < 1.29 is 4.39 Å². The predicted molar refractivity (Wildman–Crippen MR) is 55.0 cm³/mol. The molecule has 13 heavy (non-hydrogen) atoms. The van der Waals surface area contributed by atoms with Crippen LogP contribution in [-0.2, 0) is 0 Å². The molecule has 1 unspecified atom stereocenters. The monoisotopic (exact) mass is 180 g/mol. The van der Waals surface area contributed by atoms with E-state index in [9.17, 15) is 4.39 Å². The van der Waals surface area contributed by atoms with Gasteiger partial charge < -0.3 is 0 Å².